The number of nitrogens with one attached hydrogen (secondary N) is 1. The van der Waals surface area contributed by atoms with Gasteiger partial charge >= 0.3 is 0 Å². The van der Waals surface area contributed by atoms with Crippen molar-refractivity contribution in [2.45, 2.75) is 71.1 Å². The van der Waals surface area contributed by atoms with E-state index in [-0.39, 0.29) is 0 Å². The van der Waals surface area contributed by atoms with E-state index in [0.717, 1.165) is 24.4 Å². The number of anilines is 1. The summed E-state index contributed by atoms with van der Waals surface area (Å²) in [7, 11) is 1.66. The van der Waals surface area contributed by atoms with Crippen molar-refractivity contribution < 1.29 is 4.74 Å². The second-order valence-corrected chi connectivity index (χ2v) is 6.30. The van der Waals surface area contributed by atoms with Crippen molar-refractivity contribution in [1.82, 2.24) is 0 Å². The predicted molar refractivity (Wildman–Crippen MR) is 105 cm³/mol. The highest BCUT2D eigenvalue weighted by Crippen LogP contribution is 2.14. The van der Waals surface area contributed by atoms with E-state index in [0.29, 0.717) is 5.96 Å². The number of hydrogen-bond acceptors (Lipinski definition) is 2. The summed E-state index contributed by atoms with van der Waals surface area (Å²) < 4.78 is 5.13. The minimum Gasteiger partial charge on any atom is -0.497 e. The lowest BCUT2D eigenvalue weighted by atomic mass is 10.1. The average Bonchev–Trinajstić information content (AvgIpc) is 2.60. The first-order valence-electron chi connectivity index (χ1n) is 9.47. The maximum atomic E-state index is 5.90. The molecule has 3 N–H and O–H groups in total. The van der Waals surface area contributed by atoms with E-state index >= 15 is 0 Å². The van der Waals surface area contributed by atoms with Gasteiger partial charge in [-0.1, -0.05) is 64.7 Å². The van der Waals surface area contributed by atoms with Crippen molar-refractivity contribution in [2.75, 3.05) is 19.0 Å². The Morgan fingerprint density at radius 1 is 0.917 bits per heavy atom. The Hall–Kier alpha value is -1.71. The lowest BCUT2D eigenvalue weighted by Gasteiger charge is -2.06. The van der Waals surface area contributed by atoms with Crippen LogP contribution in [0.3, 0.4) is 0 Å². The van der Waals surface area contributed by atoms with Crippen LogP contribution in [0.4, 0.5) is 5.69 Å². The second-order valence-electron chi connectivity index (χ2n) is 6.30. The maximum Gasteiger partial charge on any atom is 0.193 e. The molecule has 0 spiro atoms. The van der Waals surface area contributed by atoms with Gasteiger partial charge in [0.25, 0.3) is 0 Å². The third-order valence-corrected chi connectivity index (χ3v) is 4.16. The van der Waals surface area contributed by atoms with E-state index in [1.165, 1.54) is 57.8 Å². The van der Waals surface area contributed by atoms with Gasteiger partial charge in [-0.2, -0.15) is 0 Å². The molecule has 0 saturated carbocycles. The zero-order chi connectivity index (χ0) is 17.5. The van der Waals surface area contributed by atoms with E-state index in [1.54, 1.807) is 7.11 Å². The zero-order valence-corrected chi connectivity index (χ0v) is 15.5. The molecular formula is C20H35N3O. The highest BCUT2D eigenvalue weighted by molar-refractivity contribution is 5.92. The molecule has 0 atom stereocenters. The van der Waals surface area contributed by atoms with E-state index in [2.05, 4.69) is 17.2 Å². The molecule has 0 unspecified atom stereocenters. The molecule has 0 bridgehead atoms. The fourth-order valence-corrected chi connectivity index (χ4v) is 2.66. The summed E-state index contributed by atoms with van der Waals surface area (Å²) in [6.45, 7) is 3.06. The van der Waals surface area contributed by atoms with Gasteiger partial charge in [0, 0.05) is 12.2 Å². The van der Waals surface area contributed by atoms with Gasteiger partial charge in [-0.05, 0) is 30.7 Å². The molecule has 0 fully saturated rings. The SMILES string of the molecule is CCCCCCCCCCCCN=C(N)Nc1ccc(OC)cc1. The van der Waals surface area contributed by atoms with Gasteiger partial charge in [-0.25, -0.2) is 0 Å². The molecule has 4 nitrogen and oxygen atoms in total. The van der Waals surface area contributed by atoms with Crippen LogP contribution < -0.4 is 15.8 Å². The number of unbranched alkanes of at least 4 members (excludes halogenated alkanes) is 9. The molecule has 4 heteroatoms. The highest BCUT2D eigenvalue weighted by Gasteiger charge is 1.96. The van der Waals surface area contributed by atoms with Crippen LogP contribution in [0.25, 0.3) is 0 Å². The zero-order valence-electron chi connectivity index (χ0n) is 15.5. The summed E-state index contributed by atoms with van der Waals surface area (Å²) in [5, 5.41) is 3.10. The molecule has 0 aliphatic heterocycles. The standard InChI is InChI=1S/C20H35N3O/c1-3-4-5-6-7-8-9-10-11-12-17-22-20(21)23-18-13-15-19(24-2)16-14-18/h13-16H,3-12,17H2,1-2H3,(H3,21,22,23). The Labute approximate surface area is 147 Å². The molecule has 1 aromatic rings. The summed E-state index contributed by atoms with van der Waals surface area (Å²) in [4.78, 5) is 4.38. The first-order chi connectivity index (χ1) is 11.8. The van der Waals surface area contributed by atoms with E-state index in [9.17, 15) is 0 Å². The van der Waals surface area contributed by atoms with Crippen molar-refractivity contribution in [3.63, 3.8) is 0 Å². The second kappa shape index (κ2) is 13.7. The molecular weight excluding hydrogens is 298 g/mol. The van der Waals surface area contributed by atoms with Crippen LogP contribution in [-0.4, -0.2) is 19.6 Å². The topological polar surface area (TPSA) is 59.6 Å². The largest absolute Gasteiger partial charge is 0.497 e. The van der Waals surface area contributed by atoms with E-state index < -0.39 is 0 Å². The first kappa shape index (κ1) is 20.3. The van der Waals surface area contributed by atoms with Crippen molar-refractivity contribution in [3.05, 3.63) is 24.3 Å². The number of methoxy groups -OCH3 is 1. The van der Waals surface area contributed by atoms with Crippen molar-refractivity contribution in [1.29, 1.82) is 0 Å². The minimum atomic E-state index is 0.482. The molecule has 24 heavy (non-hydrogen) atoms. The molecule has 0 saturated heterocycles. The van der Waals surface area contributed by atoms with Gasteiger partial charge < -0.3 is 15.8 Å². The number of aliphatic imine (C=N–C) groups is 1. The monoisotopic (exact) mass is 333 g/mol. The number of nitrogens with two attached hydrogens (primary N) is 1. The van der Waals surface area contributed by atoms with E-state index in [1.807, 2.05) is 24.3 Å². The number of ether oxygens (including phenoxy) is 1. The number of hydrogen-bond donors (Lipinski definition) is 2. The molecule has 0 aliphatic rings. The summed E-state index contributed by atoms with van der Waals surface area (Å²) in [6, 6.07) is 7.67. The number of nitrogens with zero attached hydrogens (tertiary/aromatic N) is 1. The van der Waals surface area contributed by atoms with Crippen LogP contribution in [0.1, 0.15) is 71.1 Å². The molecule has 136 valence electrons. The van der Waals surface area contributed by atoms with Crippen molar-refractivity contribution >= 4 is 11.6 Å². The van der Waals surface area contributed by atoms with Crippen LogP contribution >= 0.6 is 0 Å². The Kier molecular flexibility index (Phi) is 11.6. The number of rotatable bonds is 13. The lowest BCUT2D eigenvalue weighted by Crippen LogP contribution is -2.22. The Balaban J connectivity index is 2.01. The normalized spacial score (nSPS) is 11.5. The van der Waals surface area contributed by atoms with Gasteiger partial charge in [0.2, 0.25) is 0 Å². The van der Waals surface area contributed by atoms with Crippen LogP contribution in [0, 0.1) is 0 Å². The molecule has 1 rings (SSSR count). The Bertz CT molecular complexity index is 443. The Morgan fingerprint density at radius 2 is 1.46 bits per heavy atom. The smallest absolute Gasteiger partial charge is 0.193 e. The first-order valence-corrected chi connectivity index (χ1v) is 9.47. The van der Waals surface area contributed by atoms with Gasteiger partial charge in [0.1, 0.15) is 5.75 Å². The molecule has 0 aromatic heterocycles. The van der Waals surface area contributed by atoms with Gasteiger partial charge in [-0.15, -0.1) is 0 Å². The van der Waals surface area contributed by atoms with Crippen molar-refractivity contribution in [3.8, 4) is 5.75 Å². The molecule has 1 aromatic carbocycles. The fourth-order valence-electron chi connectivity index (χ4n) is 2.66. The average molecular weight is 334 g/mol. The minimum absolute atomic E-state index is 0.482. The van der Waals surface area contributed by atoms with Crippen molar-refractivity contribution in [2.24, 2.45) is 10.7 Å². The number of guanidine groups is 1. The number of benzene rings is 1. The maximum absolute atomic E-state index is 5.90. The predicted octanol–water partition coefficient (Wildman–Crippen LogP) is 5.34. The molecule has 0 heterocycles. The van der Waals surface area contributed by atoms with Crippen LogP contribution in [0.15, 0.2) is 29.3 Å². The van der Waals surface area contributed by atoms with Gasteiger partial charge in [0.15, 0.2) is 5.96 Å². The highest BCUT2D eigenvalue weighted by atomic mass is 16.5. The summed E-state index contributed by atoms with van der Waals surface area (Å²) >= 11 is 0. The van der Waals surface area contributed by atoms with Crippen LogP contribution in [-0.2, 0) is 0 Å². The Morgan fingerprint density at radius 3 is 2.00 bits per heavy atom. The summed E-state index contributed by atoms with van der Waals surface area (Å²) in [5.41, 5.74) is 6.83. The van der Waals surface area contributed by atoms with Crippen LogP contribution in [0.5, 0.6) is 5.75 Å². The third-order valence-electron chi connectivity index (χ3n) is 4.16. The molecule has 0 aliphatic carbocycles. The third kappa shape index (κ3) is 10.1. The molecule has 0 radical (unpaired) electrons. The van der Waals surface area contributed by atoms with E-state index in [4.69, 9.17) is 10.5 Å². The summed E-state index contributed by atoms with van der Waals surface area (Å²) in [5.74, 6) is 1.32. The van der Waals surface area contributed by atoms with Crippen LogP contribution in [0.2, 0.25) is 0 Å². The fraction of sp³-hybridized carbons (Fsp3) is 0.650. The quantitative estimate of drug-likeness (QED) is 0.291. The lowest BCUT2D eigenvalue weighted by molar-refractivity contribution is 0.415. The van der Waals surface area contributed by atoms with Gasteiger partial charge in [0.05, 0.1) is 7.11 Å². The molecule has 0 amide bonds. The summed E-state index contributed by atoms with van der Waals surface area (Å²) in [6.07, 6.45) is 13.4. The van der Waals surface area contributed by atoms with Gasteiger partial charge in [-0.3, -0.25) is 4.99 Å².